The summed E-state index contributed by atoms with van der Waals surface area (Å²) in [5.41, 5.74) is 1.05. The molecule has 0 fully saturated rings. The van der Waals surface area contributed by atoms with Crippen molar-refractivity contribution in [2.24, 2.45) is 0 Å². The van der Waals surface area contributed by atoms with Gasteiger partial charge in [0.05, 0.1) is 4.47 Å². The Morgan fingerprint density at radius 2 is 2.13 bits per heavy atom. The molecule has 15 heavy (non-hydrogen) atoms. The lowest BCUT2D eigenvalue weighted by Crippen LogP contribution is -2.16. The fourth-order valence-corrected chi connectivity index (χ4v) is 1.91. The van der Waals surface area contributed by atoms with Crippen LogP contribution >= 0.6 is 15.9 Å². The SMILES string of the molecule is CCCNCCCc1cccc(F)c1Br. The molecule has 1 aromatic rings. The highest BCUT2D eigenvalue weighted by Crippen LogP contribution is 2.21. The zero-order valence-electron chi connectivity index (χ0n) is 9.02. The number of nitrogens with one attached hydrogen (secondary N) is 1. The molecule has 0 saturated heterocycles. The van der Waals surface area contributed by atoms with Gasteiger partial charge in [0.2, 0.25) is 0 Å². The van der Waals surface area contributed by atoms with E-state index in [-0.39, 0.29) is 5.82 Å². The van der Waals surface area contributed by atoms with Gasteiger partial charge in [-0.3, -0.25) is 0 Å². The molecule has 0 aliphatic heterocycles. The van der Waals surface area contributed by atoms with Gasteiger partial charge in [0.25, 0.3) is 0 Å². The maximum absolute atomic E-state index is 13.1. The molecular formula is C12H17BrFN. The molecular weight excluding hydrogens is 257 g/mol. The zero-order chi connectivity index (χ0) is 11.1. The Labute approximate surface area is 99.2 Å². The minimum Gasteiger partial charge on any atom is -0.317 e. The summed E-state index contributed by atoms with van der Waals surface area (Å²) in [7, 11) is 0. The molecule has 0 aliphatic carbocycles. The summed E-state index contributed by atoms with van der Waals surface area (Å²) >= 11 is 3.27. The minimum absolute atomic E-state index is 0.172. The first kappa shape index (κ1) is 12.7. The van der Waals surface area contributed by atoms with Crippen molar-refractivity contribution in [3.8, 4) is 0 Å². The van der Waals surface area contributed by atoms with Crippen LogP contribution in [0.5, 0.6) is 0 Å². The molecule has 1 nitrogen and oxygen atoms in total. The van der Waals surface area contributed by atoms with Crippen LogP contribution in [-0.2, 0) is 6.42 Å². The van der Waals surface area contributed by atoms with Crippen molar-refractivity contribution in [3.63, 3.8) is 0 Å². The molecule has 1 N–H and O–H groups in total. The topological polar surface area (TPSA) is 12.0 Å². The molecule has 0 radical (unpaired) electrons. The minimum atomic E-state index is -0.172. The van der Waals surface area contributed by atoms with Crippen LogP contribution < -0.4 is 5.32 Å². The number of aryl methyl sites for hydroxylation is 1. The summed E-state index contributed by atoms with van der Waals surface area (Å²) < 4.78 is 13.8. The summed E-state index contributed by atoms with van der Waals surface area (Å²) in [6, 6.07) is 5.20. The fourth-order valence-electron chi connectivity index (χ4n) is 1.45. The van der Waals surface area contributed by atoms with Gasteiger partial charge in [-0.25, -0.2) is 4.39 Å². The van der Waals surface area contributed by atoms with Crippen molar-refractivity contribution in [1.82, 2.24) is 5.32 Å². The van der Waals surface area contributed by atoms with Gasteiger partial charge in [-0.2, -0.15) is 0 Å². The van der Waals surface area contributed by atoms with E-state index >= 15 is 0 Å². The van der Waals surface area contributed by atoms with Crippen molar-refractivity contribution in [3.05, 3.63) is 34.1 Å². The first-order valence-electron chi connectivity index (χ1n) is 5.39. The second kappa shape index (κ2) is 6.96. The van der Waals surface area contributed by atoms with E-state index in [0.29, 0.717) is 4.47 Å². The summed E-state index contributed by atoms with van der Waals surface area (Å²) in [4.78, 5) is 0. The van der Waals surface area contributed by atoms with E-state index in [1.807, 2.05) is 6.07 Å². The first-order chi connectivity index (χ1) is 7.25. The quantitative estimate of drug-likeness (QED) is 0.783. The molecule has 0 aromatic heterocycles. The lowest BCUT2D eigenvalue weighted by atomic mass is 10.1. The molecule has 0 atom stereocenters. The van der Waals surface area contributed by atoms with Gasteiger partial charge in [0.1, 0.15) is 5.82 Å². The highest BCUT2D eigenvalue weighted by molar-refractivity contribution is 9.10. The molecule has 1 rings (SSSR count). The van der Waals surface area contributed by atoms with Crippen LogP contribution in [0.1, 0.15) is 25.3 Å². The highest BCUT2D eigenvalue weighted by Gasteiger charge is 2.03. The number of benzene rings is 1. The molecule has 0 bridgehead atoms. The molecule has 0 heterocycles. The Bertz CT molecular complexity index is 302. The summed E-state index contributed by atoms with van der Waals surface area (Å²) in [6.45, 7) is 4.21. The average Bonchev–Trinajstić information content (AvgIpc) is 2.24. The van der Waals surface area contributed by atoms with Crippen molar-refractivity contribution >= 4 is 15.9 Å². The van der Waals surface area contributed by atoms with Crippen LogP contribution in [0.25, 0.3) is 0 Å². The second-order valence-corrected chi connectivity index (χ2v) is 4.36. The molecule has 0 unspecified atom stereocenters. The summed E-state index contributed by atoms with van der Waals surface area (Å²) in [5.74, 6) is -0.172. The van der Waals surface area contributed by atoms with Crippen molar-refractivity contribution in [2.45, 2.75) is 26.2 Å². The predicted molar refractivity (Wildman–Crippen MR) is 65.6 cm³/mol. The van der Waals surface area contributed by atoms with Crippen LogP contribution in [-0.4, -0.2) is 13.1 Å². The lowest BCUT2D eigenvalue weighted by molar-refractivity contribution is 0.611. The standard InChI is InChI=1S/C12H17BrFN/c1-2-8-15-9-4-6-10-5-3-7-11(14)12(10)13/h3,5,7,15H,2,4,6,8-9H2,1H3. The molecule has 3 heteroatoms. The molecule has 0 saturated carbocycles. The number of hydrogen-bond donors (Lipinski definition) is 1. The van der Waals surface area contributed by atoms with E-state index in [1.165, 1.54) is 6.07 Å². The molecule has 0 spiro atoms. The summed E-state index contributed by atoms with van der Waals surface area (Å²) in [6.07, 6.45) is 3.11. The van der Waals surface area contributed by atoms with Crippen molar-refractivity contribution in [2.75, 3.05) is 13.1 Å². The van der Waals surface area contributed by atoms with Crippen molar-refractivity contribution in [1.29, 1.82) is 0 Å². The van der Waals surface area contributed by atoms with Gasteiger partial charge in [-0.15, -0.1) is 0 Å². The van der Waals surface area contributed by atoms with E-state index in [0.717, 1.165) is 37.9 Å². The lowest BCUT2D eigenvalue weighted by Gasteiger charge is -2.06. The first-order valence-corrected chi connectivity index (χ1v) is 6.18. The molecule has 0 amide bonds. The fraction of sp³-hybridized carbons (Fsp3) is 0.500. The molecule has 1 aromatic carbocycles. The molecule has 84 valence electrons. The van der Waals surface area contributed by atoms with E-state index in [1.54, 1.807) is 6.07 Å². The average molecular weight is 274 g/mol. The monoisotopic (exact) mass is 273 g/mol. The zero-order valence-corrected chi connectivity index (χ0v) is 10.6. The van der Waals surface area contributed by atoms with Crippen LogP contribution in [0.3, 0.4) is 0 Å². The van der Waals surface area contributed by atoms with Crippen molar-refractivity contribution < 1.29 is 4.39 Å². The van der Waals surface area contributed by atoms with Crippen LogP contribution in [0.4, 0.5) is 4.39 Å². The third kappa shape index (κ3) is 4.31. The van der Waals surface area contributed by atoms with E-state index in [4.69, 9.17) is 0 Å². The number of hydrogen-bond acceptors (Lipinski definition) is 1. The third-order valence-electron chi connectivity index (χ3n) is 2.26. The van der Waals surface area contributed by atoms with Gasteiger partial charge in [-0.05, 0) is 59.9 Å². The summed E-state index contributed by atoms with van der Waals surface area (Å²) in [5, 5.41) is 3.33. The number of halogens is 2. The smallest absolute Gasteiger partial charge is 0.137 e. The van der Waals surface area contributed by atoms with Crippen LogP contribution in [0, 0.1) is 5.82 Å². The van der Waals surface area contributed by atoms with Gasteiger partial charge < -0.3 is 5.32 Å². The Morgan fingerprint density at radius 3 is 2.87 bits per heavy atom. The Balaban J connectivity index is 2.34. The van der Waals surface area contributed by atoms with E-state index in [9.17, 15) is 4.39 Å². The third-order valence-corrected chi connectivity index (χ3v) is 3.15. The Morgan fingerprint density at radius 1 is 1.33 bits per heavy atom. The largest absolute Gasteiger partial charge is 0.317 e. The second-order valence-electron chi connectivity index (χ2n) is 3.57. The number of rotatable bonds is 6. The Kier molecular flexibility index (Phi) is 5.88. The van der Waals surface area contributed by atoms with Gasteiger partial charge in [0, 0.05) is 0 Å². The van der Waals surface area contributed by atoms with Crippen LogP contribution in [0.2, 0.25) is 0 Å². The maximum atomic E-state index is 13.1. The van der Waals surface area contributed by atoms with E-state index in [2.05, 4.69) is 28.2 Å². The van der Waals surface area contributed by atoms with Gasteiger partial charge >= 0.3 is 0 Å². The predicted octanol–water partition coefficient (Wildman–Crippen LogP) is 3.52. The maximum Gasteiger partial charge on any atom is 0.137 e. The van der Waals surface area contributed by atoms with E-state index < -0.39 is 0 Å². The van der Waals surface area contributed by atoms with Gasteiger partial charge in [-0.1, -0.05) is 19.1 Å². The highest BCUT2D eigenvalue weighted by atomic mass is 79.9. The normalized spacial score (nSPS) is 10.6. The van der Waals surface area contributed by atoms with Crippen LogP contribution in [0.15, 0.2) is 22.7 Å². The molecule has 0 aliphatic rings. The van der Waals surface area contributed by atoms with Gasteiger partial charge in [0.15, 0.2) is 0 Å². The Hall–Kier alpha value is -0.410.